The van der Waals surface area contributed by atoms with Crippen LogP contribution >= 0.6 is 22.6 Å². The molecule has 0 radical (unpaired) electrons. The Bertz CT molecular complexity index is 120. The highest BCUT2D eigenvalue weighted by Crippen LogP contribution is 2.26. The van der Waals surface area contributed by atoms with Gasteiger partial charge in [-0.3, -0.25) is 0 Å². The minimum atomic E-state index is 0.519. The van der Waals surface area contributed by atoms with E-state index in [0.717, 1.165) is 13.2 Å². The van der Waals surface area contributed by atoms with Gasteiger partial charge in [-0.15, -0.1) is 0 Å². The molecule has 52 valence electrons. The first-order chi connectivity index (χ1) is 4.38. The molecule has 0 aromatic rings. The quantitative estimate of drug-likeness (QED) is 0.492. The second-order valence-electron chi connectivity index (χ2n) is 2.65. The van der Waals surface area contributed by atoms with E-state index in [-0.39, 0.29) is 0 Å². The van der Waals surface area contributed by atoms with Gasteiger partial charge in [0.25, 0.3) is 0 Å². The van der Waals surface area contributed by atoms with Gasteiger partial charge in [-0.2, -0.15) is 0 Å². The van der Waals surface area contributed by atoms with Crippen LogP contribution in [0.1, 0.15) is 6.42 Å². The largest absolute Gasteiger partial charge is 0.375 e. The van der Waals surface area contributed by atoms with E-state index in [1.165, 1.54) is 6.42 Å². The Morgan fingerprint density at radius 2 is 2.44 bits per heavy atom. The average molecular weight is 239 g/mol. The average Bonchev–Trinajstić information content (AvgIpc) is 2.35. The summed E-state index contributed by atoms with van der Waals surface area (Å²) in [7, 11) is 0. The fraction of sp³-hybridized carbons (Fsp3) is 1.00. The van der Waals surface area contributed by atoms with Crippen molar-refractivity contribution in [3.63, 3.8) is 0 Å². The van der Waals surface area contributed by atoms with E-state index in [2.05, 4.69) is 27.9 Å². The molecule has 0 aromatic carbocycles. The van der Waals surface area contributed by atoms with Gasteiger partial charge in [0.15, 0.2) is 0 Å². The number of rotatable bonds is 0. The standard InChI is InChI=1S/C6H10INO/c7-4-3-8-5-1-2-9-6(4)5/h4-6,8H,1-3H2/t4-,5+,6+/m0/s1. The molecule has 2 nitrogen and oxygen atoms in total. The van der Waals surface area contributed by atoms with Crippen molar-refractivity contribution >= 4 is 22.6 Å². The molecule has 0 aliphatic carbocycles. The molecule has 2 heterocycles. The van der Waals surface area contributed by atoms with E-state index >= 15 is 0 Å². The normalized spacial score (nSPS) is 49.7. The number of nitrogens with one attached hydrogen (secondary N) is 1. The predicted molar refractivity (Wildman–Crippen MR) is 44.0 cm³/mol. The fourth-order valence-corrected chi connectivity index (χ4v) is 2.53. The van der Waals surface area contributed by atoms with E-state index in [1.54, 1.807) is 0 Å². The molecule has 2 rings (SSSR count). The Kier molecular flexibility index (Phi) is 1.67. The van der Waals surface area contributed by atoms with Crippen LogP contribution in [0.5, 0.6) is 0 Å². The maximum Gasteiger partial charge on any atom is 0.0858 e. The molecule has 0 amide bonds. The highest BCUT2D eigenvalue weighted by Gasteiger charge is 2.38. The van der Waals surface area contributed by atoms with Gasteiger partial charge in [-0.05, 0) is 6.42 Å². The van der Waals surface area contributed by atoms with Crippen molar-refractivity contribution < 1.29 is 4.74 Å². The van der Waals surface area contributed by atoms with E-state index in [1.807, 2.05) is 0 Å². The summed E-state index contributed by atoms with van der Waals surface area (Å²) in [6, 6.07) is 0.673. The van der Waals surface area contributed by atoms with Crippen molar-refractivity contribution in [2.45, 2.75) is 22.5 Å². The van der Waals surface area contributed by atoms with Crippen molar-refractivity contribution in [2.24, 2.45) is 0 Å². The summed E-state index contributed by atoms with van der Waals surface area (Å²) in [6.07, 6.45) is 1.73. The molecule has 2 saturated heterocycles. The number of fused-ring (bicyclic) bond motifs is 1. The molecule has 0 saturated carbocycles. The predicted octanol–water partition coefficient (Wildman–Crippen LogP) is 0.551. The van der Waals surface area contributed by atoms with Crippen molar-refractivity contribution in [1.29, 1.82) is 0 Å². The van der Waals surface area contributed by atoms with Crippen molar-refractivity contribution in [1.82, 2.24) is 5.32 Å². The molecule has 2 fully saturated rings. The zero-order chi connectivity index (χ0) is 6.27. The molecule has 9 heavy (non-hydrogen) atoms. The van der Waals surface area contributed by atoms with Crippen LogP contribution in [0.2, 0.25) is 0 Å². The second kappa shape index (κ2) is 2.36. The highest BCUT2D eigenvalue weighted by atomic mass is 127. The lowest BCUT2D eigenvalue weighted by atomic mass is 10.2. The summed E-state index contributed by atoms with van der Waals surface area (Å²) in [5, 5.41) is 3.44. The molecule has 0 unspecified atom stereocenters. The van der Waals surface area contributed by atoms with Crippen LogP contribution in [0.25, 0.3) is 0 Å². The second-order valence-corrected chi connectivity index (χ2v) is 4.25. The Labute approximate surface area is 68.5 Å². The van der Waals surface area contributed by atoms with Crippen molar-refractivity contribution in [3.05, 3.63) is 0 Å². The number of halogens is 1. The molecule has 0 bridgehead atoms. The van der Waals surface area contributed by atoms with E-state index in [4.69, 9.17) is 4.74 Å². The molecule has 3 heteroatoms. The lowest BCUT2D eigenvalue weighted by Crippen LogP contribution is -2.26. The summed E-state index contributed by atoms with van der Waals surface area (Å²) < 4.78 is 6.22. The zero-order valence-electron chi connectivity index (χ0n) is 5.14. The van der Waals surface area contributed by atoms with Gasteiger partial charge in [0.2, 0.25) is 0 Å². The molecular formula is C6H10INO. The maximum atomic E-state index is 5.52. The smallest absolute Gasteiger partial charge is 0.0858 e. The van der Waals surface area contributed by atoms with Gasteiger partial charge in [0.1, 0.15) is 0 Å². The van der Waals surface area contributed by atoms with E-state index in [9.17, 15) is 0 Å². The zero-order valence-corrected chi connectivity index (χ0v) is 7.30. The third kappa shape index (κ3) is 0.991. The molecule has 0 spiro atoms. The third-order valence-electron chi connectivity index (χ3n) is 2.07. The molecule has 0 aromatic heterocycles. The lowest BCUT2D eigenvalue weighted by molar-refractivity contribution is 0.119. The van der Waals surface area contributed by atoms with Gasteiger partial charge in [-0.25, -0.2) is 0 Å². The minimum Gasteiger partial charge on any atom is -0.375 e. The van der Waals surface area contributed by atoms with Crippen LogP contribution in [-0.2, 0) is 4.74 Å². The Morgan fingerprint density at radius 3 is 3.22 bits per heavy atom. The fourth-order valence-electron chi connectivity index (χ4n) is 1.57. The summed E-state index contributed by atoms with van der Waals surface area (Å²) >= 11 is 2.46. The van der Waals surface area contributed by atoms with Crippen LogP contribution in [0.3, 0.4) is 0 Å². The molecule has 2 aliphatic heterocycles. The number of hydrogen-bond acceptors (Lipinski definition) is 2. The van der Waals surface area contributed by atoms with Crippen LogP contribution in [0.15, 0.2) is 0 Å². The number of alkyl halides is 1. The summed E-state index contributed by atoms with van der Waals surface area (Å²) in [6.45, 7) is 2.09. The SMILES string of the molecule is I[C@H]1CN[C@@H]2CCO[C@H]12. The first-order valence-corrected chi connectivity index (χ1v) is 4.61. The highest BCUT2D eigenvalue weighted by molar-refractivity contribution is 14.1. The van der Waals surface area contributed by atoms with E-state index in [0.29, 0.717) is 16.1 Å². The summed E-state index contributed by atoms with van der Waals surface area (Å²) in [5.74, 6) is 0. The maximum absolute atomic E-state index is 5.52. The molecular weight excluding hydrogens is 229 g/mol. The Hall–Kier alpha value is 0.650. The van der Waals surface area contributed by atoms with E-state index < -0.39 is 0 Å². The third-order valence-corrected chi connectivity index (χ3v) is 3.22. The molecule has 1 N–H and O–H groups in total. The molecule has 2 aliphatic rings. The van der Waals surface area contributed by atoms with Crippen LogP contribution < -0.4 is 5.32 Å². The van der Waals surface area contributed by atoms with Gasteiger partial charge < -0.3 is 10.1 Å². The first kappa shape index (κ1) is 6.37. The Morgan fingerprint density at radius 1 is 1.56 bits per heavy atom. The van der Waals surface area contributed by atoms with Crippen LogP contribution in [0.4, 0.5) is 0 Å². The van der Waals surface area contributed by atoms with Crippen molar-refractivity contribution in [3.8, 4) is 0 Å². The monoisotopic (exact) mass is 239 g/mol. The number of ether oxygens (including phenoxy) is 1. The minimum absolute atomic E-state index is 0.519. The van der Waals surface area contributed by atoms with Gasteiger partial charge >= 0.3 is 0 Å². The number of hydrogen-bond donors (Lipinski definition) is 1. The van der Waals surface area contributed by atoms with Crippen LogP contribution in [0, 0.1) is 0 Å². The molecule has 3 atom stereocenters. The first-order valence-electron chi connectivity index (χ1n) is 3.37. The summed E-state index contributed by atoms with van der Waals surface area (Å²) in [5.41, 5.74) is 0. The topological polar surface area (TPSA) is 21.3 Å². The van der Waals surface area contributed by atoms with Gasteiger partial charge in [0, 0.05) is 19.2 Å². The van der Waals surface area contributed by atoms with Crippen LogP contribution in [-0.4, -0.2) is 29.2 Å². The lowest BCUT2D eigenvalue weighted by Gasteiger charge is -2.09. The Balaban J connectivity index is 2.07. The van der Waals surface area contributed by atoms with Gasteiger partial charge in [0.05, 0.1) is 10.0 Å². The van der Waals surface area contributed by atoms with Crippen molar-refractivity contribution in [2.75, 3.05) is 13.2 Å². The van der Waals surface area contributed by atoms with Gasteiger partial charge in [-0.1, -0.05) is 22.6 Å². The summed E-state index contributed by atoms with van der Waals surface area (Å²) in [4.78, 5) is 0.